The van der Waals surface area contributed by atoms with Gasteiger partial charge in [0.1, 0.15) is 5.65 Å². The first-order valence-corrected chi connectivity index (χ1v) is 8.07. The van der Waals surface area contributed by atoms with Crippen molar-refractivity contribution in [3.8, 4) is 0 Å². The van der Waals surface area contributed by atoms with Crippen molar-refractivity contribution < 1.29 is 4.79 Å². The molecule has 0 aliphatic rings. The Morgan fingerprint density at radius 3 is 2.82 bits per heavy atom. The molecule has 0 fully saturated rings. The Kier molecular flexibility index (Phi) is 5.95. The summed E-state index contributed by atoms with van der Waals surface area (Å²) in [7, 11) is 0. The molecule has 0 aliphatic carbocycles. The van der Waals surface area contributed by atoms with Crippen molar-refractivity contribution in [1.82, 2.24) is 19.6 Å². The first-order chi connectivity index (χ1) is 10.7. The van der Waals surface area contributed by atoms with Gasteiger partial charge in [0.15, 0.2) is 0 Å². The molecule has 22 heavy (non-hydrogen) atoms. The summed E-state index contributed by atoms with van der Waals surface area (Å²) in [4.78, 5) is 18.8. The van der Waals surface area contributed by atoms with E-state index >= 15 is 0 Å². The zero-order valence-corrected chi connectivity index (χ0v) is 13.8. The molecule has 2 aromatic heterocycles. The first-order valence-electron chi connectivity index (χ1n) is 8.07. The molecule has 0 saturated heterocycles. The third kappa shape index (κ3) is 4.07. The van der Waals surface area contributed by atoms with Crippen molar-refractivity contribution >= 4 is 11.6 Å². The van der Waals surface area contributed by atoms with Crippen LogP contribution in [0.4, 0.5) is 0 Å². The second-order valence-electron chi connectivity index (χ2n) is 5.45. The van der Waals surface area contributed by atoms with Crippen LogP contribution in [-0.2, 0) is 11.2 Å². The van der Waals surface area contributed by atoms with Crippen LogP contribution in [0, 0.1) is 6.92 Å². The minimum atomic E-state index is 0.109. The van der Waals surface area contributed by atoms with Gasteiger partial charge in [-0.05, 0) is 38.6 Å². The smallest absolute Gasteiger partial charge is 0.220 e. The molecule has 1 amide bonds. The van der Waals surface area contributed by atoms with Gasteiger partial charge in [-0.2, -0.15) is 0 Å². The Labute approximate surface area is 132 Å². The summed E-state index contributed by atoms with van der Waals surface area (Å²) in [5.41, 5.74) is 3.06. The van der Waals surface area contributed by atoms with Gasteiger partial charge in [0.05, 0.1) is 5.69 Å². The van der Waals surface area contributed by atoms with Crippen molar-refractivity contribution in [3.63, 3.8) is 0 Å². The van der Waals surface area contributed by atoms with Crippen LogP contribution in [0.5, 0.6) is 0 Å². The van der Waals surface area contributed by atoms with Crippen molar-refractivity contribution in [1.29, 1.82) is 0 Å². The number of nitrogens with one attached hydrogen (secondary N) is 1. The zero-order valence-electron chi connectivity index (χ0n) is 13.8. The number of hydrogen-bond acceptors (Lipinski definition) is 3. The van der Waals surface area contributed by atoms with Gasteiger partial charge in [-0.15, -0.1) is 0 Å². The highest BCUT2D eigenvalue weighted by Gasteiger charge is 2.10. The molecule has 0 saturated carbocycles. The fourth-order valence-electron chi connectivity index (χ4n) is 2.68. The average molecular weight is 302 g/mol. The third-order valence-electron chi connectivity index (χ3n) is 4.06. The Morgan fingerprint density at radius 1 is 1.32 bits per heavy atom. The molecule has 1 N–H and O–H groups in total. The summed E-state index contributed by atoms with van der Waals surface area (Å²) in [5.74, 6) is 0.109. The number of carbonyl (C=O) groups is 1. The van der Waals surface area contributed by atoms with Gasteiger partial charge in [0.25, 0.3) is 0 Å². The molecule has 5 heteroatoms. The Hall–Kier alpha value is -1.88. The van der Waals surface area contributed by atoms with E-state index < -0.39 is 0 Å². The van der Waals surface area contributed by atoms with Crippen molar-refractivity contribution in [2.45, 2.75) is 33.6 Å². The normalized spacial score (nSPS) is 11.3. The summed E-state index contributed by atoms with van der Waals surface area (Å²) >= 11 is 0. The van der Waals surface area contributed by atoms with Crippen LogP contribution in [0.1, 0.15) is 31.7 Å². The van der Waals surface area contributed by atoms with Crippen LogP contribution in [-0.4, -0.2) is 46.4 Å². The molecule has 0 atom stereocenters. The van der Waals surface area contributed by atoms with E-state index in [4.69, 9.17) is 0 Å². The molecule has 0 radical (unpaired) electrons. The van der Waals surface area contributed by atoms with Gasteiger partial charge in [-0.3, -0.25) is 4.79 Å². The molecule has 120 valence electrons. The van der Waals surface area contributed by atoms with Crippen LogP contribution < -0.4 is 5.32 Å². The topological polar surface area (TPSA) is 49.6 Å². The number of aromatic nitrogens is 2. The number of imidazole rings is 1. The number of amides is 1. The van der Waals surface area contributed by atoms with Crippen LogP contribution in [0.25, 0.3) is 5.65 Å². The molecule has 2 aromatic rings. The van der Waals surface area contributed by atoms with E-state index in [1.165, 1.54) is 0 Å². The lowest BCUT2D eigenvalue weighted by atomic mass is 10.2. The summed E-state index contributed by atoms with van der Waals surface area (Å²) in [6.07, 6.45) is 3.22. The first kappa shape index (κ1) is 16.5. The maximum atomic E-state index is 12.0. The van der Waals surface area contributed by atoms with Gasteiger partial charge in [-0.25, -0.2) is 4.98 Å². The number of aryl methyl sites for hydroxylation is 2. The summed E-state index contributed by atoms with van der Waals surface area (Å²) in [6.45, 7) is 9.94. The molecule has 2 heterocycles. The number of rotatable bonds is 8. The largest absolute Gasteiger partial charge is 0.355 e. The Balaban J connectivity index is 1.84. The van der Waals surface area contributed by atoms with Crippen LogP contribution in [0.2, 0.25) is 0 Å². The minimum absolute atomic E-state index is 0.109. The van der Waals surface area contributed by atoms with Gasteiger partial charge in [0, 0.05) is 31.4 Å². The Morgan fingerprint density at radius 2 is 2.09 bits per heavy atom. The highest BCUT2D eigenvalue weighted by atomic mass is 16.1. The van der Waals surface area contributed by atoms with Crippen molar-refractivity contribution in [2.75, 3.05) is 26.2 Å². The van der Waals surface area contributed by atoms with E-state index in [0.29, 0.717) is 19.4 Å². The SMILES string of the molecule is CCN(CC)CCNC(=O)CCc1c(C)nc2ccccn12. The number of nitrogens with zero attached hydrogens (tertiary/aromatic N) is 3. The predicted molar refractivity (Wildman–Crippen MR) is 89.0 cm³/mol. The predicted octanol–water partition coefficient (Wildman–Crippen LogP) is 2.03. The number of pyridine rings is 1. The molecule has 0 bridgehead atoms. The fourth-order valence-corrected chi connectivity index (χ4v) is 2.68. The molecule has 0 unspecified atom stereocenters. The number of likely N-dealkylation sites (N-methyl/N-ethyl adjacent to an activating group) is 1. The second kappa shape index (κ2) is 7.94. The monoisotopic (exact) mass is 302 g/mol. The third-order valence-corrected chi connectivity index (χ3v) is 4.06. The standard InChI is InChI=1S/C17H26N4O/c1-4-20(5-2)13-11-18-17(22)10-9-15-14(3)19-16-8-6-7-12-21(15)16/h6-8,12H,4-5,9-11,13H2,1-3H3,(H,18,22). The van der Waals surface area contributed by atoms with Crippen LogP contribution in [0.15, 0.2) is 24.4 Å². The highest BCUT2D eigenvalue weighted by molar-refractivity contribution is 5.76. The van der Waals surface area contributed by atoms with E-state index in [0.717, 1.165) is 36.7 Å². The number of carbonyl (C=O) groups excluding carboxylic acids is 1. The van der Waals surface area contributed by atoms with E-state index in [-0.39, 0.29) is 5.91 Å². The second-order valence-corrected chi connectivity index (χ2v) is 5.45. The number of fused-ring (bicyclic) bond motifs is 1. The molecular weight excluding hydrogens is 276 g/mol. The highest BCUT2D eigenvalue weighted by Crippen LogP contribution is 2.13. The average Bonchev–Trinajstić information content (AvgIpc) is 2.85. The van der Waals surface area contributed by atoms with Crippen molar-refractivity contribution in [2.24, 2.45) is 0 Å². The van der Waals surface area contributed by atoms with E-state index in [2.05, 4.69) is 33.4 Å². The molecule has 5 nitrogen and oxygen atoms in total. The maximum Gasteiger partial charge on any atom is 0.220 e. The molecule has 0 aromatic carbocycles. The molecule has 0 spiro atoms. The van der Waals surface area contributed by atoms with E-state index in [9.17, 15) is 4.79 Å². The summed E-state index contributed by atoms with van der Waals surface area (Å²) in [6, 6.07) is 5.95. The van der Waals surface area contributed by atoms with Gasteiger partial charge >= 0.3 is 0 Å². The van der Waals surface area contributed by atoms with Crippen LogP contribution >= 0.6 is 0 Å². The fraction of sp³-hybridized carbons (Fsp3) is 0.529. The van der Waals surface area contributed by atoms with Crippen LogP contribution in [0.3, 0.4) is 0 Å². The lowest BCUT2D eigenvalue weighted by molar-refractivity contribution is -0.121. The van der Waals surface area contributed by atoms with Crippen molar-refractivity contribution in [3.05, 3.63) is 35.8 Å². The number of hydrogen-bond donors (Lipinski definition) is 1. The van der Waals surface area contributed by atoms with Gasteiger partial charge in [-0.1, -0.05) is 19.9 Å². The minimum Gasteiger partial charge on any atom is -0.355 e. The lowest BCUT2D eigenvalue weighted by Gasteiger charge is -2.17. The van der Waals surface area contributed by atoms with E-state index in [1.54, 1.807) is 0 Å². The molecular formula is C17H26N4O. The maximum absolute atomic E-state index is 12.0. The van der Waals surface area contributed by atoms with E-state index in [1.807, 2.05) is 31.3 Å². The van der Waals surface area contributed by atoms with Gasteiger partial charge in [0.2, 0.25) is 5.91 Å². The molecule has 0 aliphatic heterocycles. The summed E-state index contributed by atoms with van der Waals surface area (Å²) < 4.78 is 2.07. The lowest BCUT2D eigenvalue weighted by Crippen LogP contribution is -2.34. The molecule has 2 rings (SSSR count). The van der Waals surface area contributed by atoms with Gasteiger partial charge < -0.3 is 14.6 Å². The summed E-state index contributed by atoms with van der Waals surface area (Å²) in [5, 5.41) is 3.00. The zero-order chi connectivity index (χ0) is 15.9. The quantitative estimate of drug-likeness (QED) is 0.812. The Bertz CT molecular complexity index is 616.